The SMILES string of the molecule is CCOC(=O)C(O)CC(NNC(=O)OC(C)(C)C)c1ccccc1. The van der Waals surface area contributed by atoms with Crippen LogP contribution in [-0.2, 0) is 14.3 Å². The van der Waals surface area contributed by atoms with Gasteiger partial charge in [-0.3, -0.25) is 5.43 Å². The van der Waals surface area contributed by atoms with Gasteiger partial charge in [-0.2, -0.15) is 0 Å². The molecule has 0 aliphatic rings. The minimum atomic E-state index is -1.30. The molecule has 0 radical (unpaired) electrons. The Labute approximate surface area is 142 Å². The molecule has 2 atom stereocenters. The van der Waals surface area contributed by atoms with Crippen molar-refractivity contribution in [3.63, 3.8) is 0 Å². The molecule has 0 bridgehead atoms. The number of aliphatic hydroxyl groups is 1. The first kappa shape index (κ1) is 19.9. The van der Waals surface area contributed by atoms with Crippen LogP contribution in [0, 0.1) is 0 Å². The Bertz CT molecular complexity index is 528. The lowest BCUT2D eigenvalue weighted by molar-refractivity contribution is -0.153. The van der Waals surface area contributed by atoms with E-state index in [0.29, 0.717) is 0 Å². The number of ether oxygens (including phenoxy) is 2. The van der Waals surface area contributed by atoms with E-state index in [1.54, 1.807) is 27.7 Å². The van der Waals surface area contributed by atoms with Gasteiger partial charge in [0.05, 0.1) is 12.6 Å². The lowest BCUT2D eigenvalue weighted by Gasteiger charge is -2.24. The van der Waals surface area contributed by atoms with Crippen molar-refractivity contribution in [3.05, 3.63) is 35.9 Å². The molecule has 134 valence electrons. The minimum Gasteiger partial charge on any atom is -0.464 e. The second-order valence-corrected chi connectivity index (χ2v) is 6.24. The van der Waals surface area contributed by atoms with Crippen LogP contribution in [0.25, 0.3) is 0 Å². The van der Waals surface area contributed by atoms with Crippen LogP contribution in [0.2, 0.25) is 0 Å². The summed E-state index contributed by atoms with van der Waals surface area (Å²) in [5.41, 5.74) is 5.41. The quantitative estimate of drug-likeness (QED) is 0.520. The normalized spacial score (nSPS) is 13.7. The summed E-state index contributed by atoms with van der Waals surface area (Å²) in [7, 11) is 0. The van der Waals surface area contributed by atoms with Crippen molar-refractivity contribution >= 4 is 12.1 Å². The highest BCUT2D eigenvalue weighted by molar-refractivity contribution is 5.74. The largest absolute Gasteiger partial charge is 0.464 e. The van der Waals surface area contributed by atoms with Gasteiger partial charge in [-0.25, -0.2) is 15.0 Å². The summed E-state index contributed by atoms with van der Waals surface area (Å²) in [6.45, 7) is 7.13. The maximum Gasteiger partial charge on any atom is 0.422 e. The molecule has 0 fully saturated rings. The van der Waals surface area contributed by atoms with Crippen LogP contribution in [0.15, 0.2) is 30.3 Å². The van der Waals surface area contributed by atoms with Crippen LogP contribution in [0.1, 0.15) is 45.7 Å². The van der Waals surface area contributed by atoms with E-state index in [1.807, 2.05) is 30.3 Å². The highest BCUT2D eigenvalue weighted by Crippen LogP contribution is 2.18. The molecule has 7 heteroatoms. The van der Waals surface area contributed by atoms with Crippen molar-refractivity contribution in [2.24, 2.45) is 0 Å². The zero-order valence-electron chi connectivity index (χ0n) is 14.5. The van der Waals surface area contributed by atoms with Gasteiger partial charge < -0.3 is 14.6 Å². The van der Waals surface area contributed by atoms with Crippen LogP contribution in [0.4, 0.5) is 4.79 Å². The van der Waals surface area contributed by atoms with Crippen LogP contribution < -0.4 is 10.9 Å². The second-order valence-electron chi connectivity index (χ2n) is 6.24. The number of aliphatic hydroxyl groups excluding tert-OH is 1. The highest BCUT2D eigenvalue weighted by atomic mass is 16.6. The molecule has 24 heavy (non-hydrogen) atoms. The predicted molar refractivity (Wildman–Crippen MR) is 88.9 cm³/mol. The Morgan fingerprint density at radius 3 is 2.38 bits per heavy atom. The molecule has 1 aromatic rings. The van der Waals surface area contributed by atoms with Gasteiger partial charge in [0.1, 0.15) is 5.60 Å². The van der Waals surface area contributed by atoms with Gasteiger partial charge in [-0.05, 0) is 33.3 Å². The summed E-state index contributed by atoms with van der Waals surface area (Å²) in [5, 5.41) is 9.97. The Kier molecular flexibility index (Phi) is 7.67. The van der Waals surface area contributed by atoms with E-state index < -0.39 is 29.8 Å². The predicted octanol–water partition coefficient (Wildman–Crippen LogP) is 2.07. The minimum absolute atomic E-state index is 0.0403. The Morgan fingerprint density at radius 2 is 1.83 bits per heavy atom. The van der Waals surface area contributed by atoms with Crippen LogP contribution in [0.3, 0.4) is 0 Å². The van der Waals surface area contributed by atoms with Crippen molar-refractivity contribution in [2.75, 3.05) is 6.61 Å². The fourth-order valence-electron chi connectivity index (χ4n) is 1.97. The van der Waals surface area contributed by atoms with Gasteiger partial charge in [0.15, 0.2) is 6.10 Å². The molecule has 2 unspecified atom stereocenters. The molecule has 0 aromatic heterocycles. The molecule has 0 spiro atoms. The topological polar surface area (TPSA) is 96.9 Å². The van der Waals surface area contributed by atoms with Crippen molar-refractivity contribution in [3.8, 4) is 0 Å². The monoisotopic (exact) mass is 338 g/mol. The van der Waals surface area contributed by atoms with Gasteiger partial charge in [0.2, 0.25) is 0 Å². The highest BCUT2D eigenvalue weighted by Gasteiger charge is 2.24. The Morgan fingerprint density at radius 1 is 1.21 bits per heavy atom. The first-order chi connectivity index (χ1) is 11.2. The number of carbonyl (C=O) groups excluding carboxylic acids is 2. The number of hydrogen-bond donors (Lipinski definition) is 3. The fourth-order valence-corrected chi connectivity index (χ4v) is 1.97. The number of amides is 1. The Balaban J connectivity index is 2.73. The van der Waals surface area contributed by atoms with E-state index in [1.165, 1.54) is 0 Å². The zero-order chi connectivity index (χ0) is 18.2. The molecule has 0 heterocycles. The number of rotatable bonds is 7. The van der Waals surface area contributed by atoms with Crippen LogP contribution in [-0.4, -0.2) is 35.5 Å². The average molecular weight is 338 g/mol. The number of carbonyl (C=O) groups is 2. The summed E-state index contributed by atoms with van der Waals surface area (Å²) < 4.78 is 9.95. The molecule has 1 amide bonds. The van der Waals surface area contributed by atoms with Crippen molar-refractivity contribution < 1.29 is 24.2 Å². The molecular weight excluding hydrogens is 312 g/mol. The molecular formula is C17H26N2O5. The fraction of sp³-hybridized carbons (Fsp3) is 0.529. The van der Waals surface area contributed by atoms with E-state index in [4.69, 9.17) is 9.47 Å². The summed E-state index contributed by atoms with van der Waals surface area (Å²) in [5.74, 6) is -0.697. The number of benzene rings is 1. The van der Waals surface area contributed by atoms with Gasteiger partial charge in [0.25, 0.3) is 0 Å². The lowest BCUT2D eigenvalue weighted by atomic mass is 10.0. The molecule has 7 nitrogen and oxygen atoms in total. The molecule has 0 saturated carbocycles. The first-order valence-corrected chi connectivity index (χ1v) is 7.87. The first-order valence-electron chi connectivity index (χ1n) is 7.87. The average Bonchev–Trinajstić information content (AvgIpc) is 2.50. The van der Waals surface area contributed by atoms with Crippen LogP contribution in [0.5, 0.6) is 0 Å². The number of nitrogens with one attached hydrogen (secondary N) is 2. The smallest absolute Gasteiger partial charge is 0.422 e. The van der Waals surface area contributed by atoms with E-state index in [0.717, 1.165) is 5.56 Å². The number of hydrogen-bond acceptors (Lipinski definition) is 6. The van der Waals surface area contributed by atoms with Gasteiger partial charge >= 0.3 is 12.1 Å². The van der Waals surface area contributed by atoms with Gasteiger partial charge in [-0.15, -0.1) is 0 Å². The van der Waals surface area contributed by atoms with E-state index in [-0.39, 0.29) is 13.0 Å². The van der Waals surface area contributed by atoms with Gasteiger partial charge in [-0.1, -0.05) is 30.3 Å². The van der Waals surface area contributed by atoms with E-state index >= 15 is 0 Å². The summed E-state index contributed by atoms with van der Waals surface area (Å²) in [6.07, 6.45) is -1.91. The third kappa shape index (κ3) is 7.43. The maximum absolute atomic E-state index is 11.8. The zero-order valence-corrected chi connectivity index (χ0v) is 14.5. The van der Waals surface area contributed by atoms with Gasteiger partial charge in [0, 0.05) is 6.42 Å². The Hall–Kier alpha value is -2.12. The van der Waals surface area contributed by atoms with Crippen molar-refractivity contribution in [2.45, 2.75) is 51.9 Å². The number of hydrazine groups is 1. The molecule has 1 rings (SSSR count). The molecule has 1 aromatic carbocycles. The summed E-state index contributed by atoms with van der Waals surface area (Å²) in [4.78, 5) is 23.4. The standard InChI is InChI=1S/C17H26N2O5/c1-5-23-15(21)14(20)11-13(12-9-7-6-8-10-12)18-19-16(22)24-17(2,3)4/h6-10,13-14,18,20H,5,11H2,1-4H3,(H,19,22). The summed E-state index contributed by atoms with van der Waals surface area (Å²) in [6, 6.07) is 8.67. The molecule has 0 saturated heterocycles. The molecule has 0 aliphatic carbocycles. The third-order valence-electron chi connectivity index (χ3n) is 2.97. The summed E-state index contributed by atoms with van der Waals surface area (Å²) >= 11 is 0. The second kappa shape index (κ2) is 9.24. The van der Waals surface area contributed by atoms with Crippen molar-refractivity contribution in [1.82, 2.24) is 10.9 Å². The molecule has 3 N–H and O–H groups in total. The molecule has 0 aliphatic heterocycles. The van der Waals surface area contributed by atoms with E-state index in [9.17, 15) is 14.7 Å². The van der Waals surface area contributed by atoms with Crippen molar-refractivity contribution in [1.29, 1.82) is 0 Å². The van der Waals surface area contributed by atoms with E-state index in [2.05, 4.69) is 10.9 Å². The van der Waals surface area contributed by atoms with Crippen LogP contribution >= 0.6 is 0 Å². The number of esters is 1. The lowest BCUT2D eigenvalue weighted by Crippen LogP contribution is -2.44. The maximum atomic E-state index is 11.8. The third-order valence-corrected chi connectivity index (χ3v) is 2.97.